The largest absolute Gasteiger partial charge is 0.508 e. The Kier molecular flexibility index (Phi) is 4.79. The zero-order valence-corrected chi connectivity index (χ0v) is 12.8. The number of hydrogen-bond acceptors (Lipinski definition) is 3. The van der Waals surface area contributed by atoms with Gasteiger partial charge in [0, 0.05) is 18.3 Å². The number of phenols is 1. The Labute approximate surface area is 136 Å². The van der Waals surface area contributed by atoms with Crippen LogP contribution in [0, 0.1) is 0 Å². The molecule has 0 bridgehead atoms. The Morgan fingerprint density at radius 3 is 2.39 bits per heavy atom. The lowest BCUT2D eigenvalue weighted by Gasteiger charge is -2.10. The number of nitrogens with one attached hydrogen (secondary N) is 1. The third-order valence-electron chi connectivity index (χ3n) is 3.49. The third-order valence-corrected chi connectivity index (χ3v) is 3.49. The van der Waals surface area contributed by atoms with Crippen LogP contribution in [0.1, 0.15) is 11.1 Å². The lowest BCUT2D eigenvalue weighted by Crippen LogP contribution is -2.00. The molecule has 0 saturated carbocycles. The molecule has 0 aromatic heterocycles. The maximum Gasteiger partial charge on any atom is 0.120 e. The van der Waals surface area contributed by atoms with Gasteiger partial charge >= 0.3 is 0 Å². The fraction of sp³-hybridized carbons (Fsp3) is 0.100. The molecule has 0 aliphatic carbocycles. The van der Waals surface area contributed by atoms with E-state index in [1.165, 1.54) is 0 Å². The summed E-state index contributed by atoms with van der Waals surface area (Å²) in [6, 6.07) is 25.2. The minimum Gasteiger partial charge on any atom is -0.508 e. The van der Waals surface area contributed by atoms with Crippen LogP contribution in [0.25, 0.3) is 0 Å². The second-order valence-corrected chi connectivity index (χ2v) is 5.33. The van der Waals surface area contributed by atoms with Crippen molar-refractivity contribution in [2.75, 3.05) is 5.32 Å². The van der Waals surface area contributed by atoms with Crippen LogP contribution < -0.4 is 10.1 Å². The van der Waals surface area contributed by atoms with Crippen molar-refractivity contribution in [1.29, 1.82) is 0 Å². The van der Waals surface area contributed by atoms with Gasteiger partial charge < -0.3 is 15.2 Å². The van der Waals surface area contributed by atoms with Gasteiger partial charge in [0.25, 0.3) is 0 Å². The highest BCUT2D eigenvalue weighted by atomic mass is 16.5. The highest BCUT2D eigenvalue weighted by Crippen LogP contribution is 2.19. The topological polar surface area (TPSA) is 41.5 Å². The van der Waals surface area contributed by atoms with E-state index < -0.39 is 0 Å². The van der Waals surface area contributed by atoms with E-state index in [9.17, 15) is 5.11 Å². The number of ether oxygens (including phenoxy) is 1. The van der Waals surface area contributed by atoms with Crippen molar-refractivity contribution in [3.05, 3.63) is 90.0 Å². The summed E-state index contributed by atoms with van der Waals surface area (Å²) in [5.74, 6) is 1.11. The molecule has 3 rings (SSSR count). The lowest BCUT2D eigenvalue weighted by atomic mass is 10.2. The highest BCUT2D eigenvalue weighted by molar-refractivity contribution is 5.48. The van der Waals surface area contributed by atoms with Crippen LogP contribution in [-0.2, 0) is 13.2 Å². The second-order valence-electron chi connectivity index (χ2n) is 5.33. The van der Waals surface area contributed by atoms with Gasteiger partial charge in [0.15, 0.2) is 0 Å². The molecule has 0 aliphatic rings. The average Bonchev–Trinajstić information content (AvgIpc) is 2.60. The van der Waals surface area contributed by atoms with Gasteiger partial charge in [-0.15, -0.1) is 0 Å². The molecule has 0 fully saturated rings. The van der Waals surface area contributed by atoms with Crippen LogP contribution in [0.4, 0.5) is 5.69 Å². The number of rotatable bonds is 6. The van der Waals surface area contributed by atoms with E-state index in [1.807, 2.05) is 66.7 Å². The molecule has 3 aromatic rings. The first-order valence-electron chi connectivity index (χ1n) is 7.58. The summed E-state index contributed by atoms with van der Waals surface area (Å²) < 4.78 is 5.84. The van der Waals surface area contributed by atoms with Crippen molar-refractivity contribution in [2.24, 2.45) is 0 Å². The summed E-state index contributed by atoms with van der Waals surface area (Å²) >= 11 is 0. The van der Waals surface area contributed by atoms with Gasteiger partial charge in [-0.2, -0.15) is 0 Å². The summed E-state index contributed by atoms with van der Waals surface area (Å²) in [6.07, 6.45) is 0. The normalized spacial score (nSPS) is 10.3. The van der Waals surface area contributed by atoms with Gasteiger partial charge in [-0.05, 0) is 35.4 Å². The van der Waals surface area contributed by atoms with E-state index in [0.717, 1.165) is 22.6 Å². The van der Waals surface area contributed by atoms with Crippen molar-refractivity contribution in [1.82, 2.24) is 0 Å². The average molecular weight is 305 g/mol. The Bertz CT molecular complexity index is 756. The Balaban J connectivity index is 1.59. The maximum absolute atomic E-state index is 9.47. The first-order chi connectivity index (χ1) is 11.3. The lowest BCUT2D eigenvalue weighted by molar-refractivity contribution is 0.306. The first kappa shape index (κ1) is 15.0. The van der Waals surface area contributed by atoms with Gasteiger partial charge in [0.1, 0.15) is 18.1 Å². The second kappa shape index (κ2) is 7.36. The van der Waals surface area contributed by atoms with E-state index in [1.54, 1.807) is 12.1 Å². The molecule has 0 amide bonds. The predicted molar refractivity (Wildman–Crippen MR) is 92.6 cm³/mol. The van der Waals surface area contributed by atoms with E-state index in [0.29, 0.717) is 13.2 Å². The Hall–Kier alpha value is -2.94. The van der Waals surface area contributed by atoms with Crippen molar-refractivity contribution < 1.29 is 9.84 Å². The van der Waals surface area contributed by atoms with E-state index in [2.05, 4.69) is 5.32 Å². The van der Waals surface area contributed by atoms with Crippen molar-refractivity contribution in [3.63, 3.8) is 0 Å². The third kappa shape index (κ3) is 4.51. The molecule has 0 radical (unpaired) electrons. The van der Waals surface area contributed by atoms with E-state index in [4.69, 9.17) is 4.74 Å². The zero-order valence-electron chi connectivity index (χ0n) is 12.8. The minimum absolute atomic E-state index is 0.259. The molecule has 3 nitrogen and oxygen atoms in total. The monoisotopic (exact) mass is 305 g/mol. The fourth-order valence-electron chi connectivity index (χ4n) is 2.31. The van der Waals surface area contributed by atoms with E-state index >= 15 is 0 Å². The zero-order chi connectivity index (χ0) is 15.9. The smallest absolute Gasteiger partial charge is 0.120 e. The molecule has 3 aromatic carbocycles. The van der Waals surface area contributed by atoms with Crippen molar-refractivity contribution in [3.8, 4) is 11.5 Å². The van der Waals surface area contributed by atoms with Crippen LogP contribution in [0.2, 0.25) is 0 Å². The summed E-state index contributed by atoms with van der Waals surface area (Å²) in [7, 11) is 0. The molecular formula is C20H19NO2. The predicted octanol–water partition coefficient (Wildman–Crippen LogP) is 4.58. The standard InChI is InChI=1S/C20H19NO2/c22-19-10-5-9-18(13-19)21-14-17-8-4-11-20(12-17)23-15-16-6-2-1-3-7-16/h1-13,21-22H,14-15H2. The molecule has 0 spiro atoms. The maximum atomic E-state index is 9.47. The van der Waals surface area contributed by atoms with Crippen molar-refractivity contribution >= 4 is 5.69 Å². The summed E-state index contributed by atoms with van der Waals surface area (Å²) in [5.41, 5.74) is 3.16. The fourth-order valence-corrected chi connectivity index (χ4v) is 2.31. The number of phenolic OH excluding ortho intramolecular Hbond substituents is 1. The molecule has 23 heavy (non-hydrogen) atoms. The highest BCUT2D eigenvalue weighted by Gasteiger charge is 1.99. The Morgan fingerprint density at radius 2 is 1.57 bits per heavy atom. The minimum atomic E-state index is 0.259. The molecule has 0 aliphatic heterocycles. The van der Waals surface area contributed by atoms with Gasteiger partial charge in [-0.1, -0.05) is 48.5 Å². The Morgan fingerprint density at radius 1 is 0.783 bits per heavy atom. The van der Waals surface area contributed by atoms with Crippen LogP contribution in [0.3, 0.4) is 0 Å². The molecule has 3 heteroatoms. The molecule has 0 heterocycles. The van der Waals surface area contributed by atoms with E-state index in [-0.39, 0.29) is 5.75 Å². The molecule has 0 saturated heterocycles. The number of aromatic hydroxyl groups is 1. The van der Waals surface area contributed by atoms with Crippen molar-refractivity contribution in [2.45, 2.75) is 13.2 Å². The first-order valence-corrected chi connectivity index (χ1v) is 7.58. The molecule has 0 unspecified atom stereocenters. The number of anilines is 1. The van der Waals surface area contributed by atoms with Gasteiger partial charge in [-0.3, -0.25) is 0 Å². The summed E-state index contributed by atoms with van der Waals surface area (Å²) in [5, 5.41) is 12.8. The van der Waals surface area contributed by atoms with Gasteiger partial charge in [-0.25, -0.2) is 0 Å². The number of benzene rings is 3. The molecule has 0 atom stereocenters. The van der Waals surface area contributed by atoms with Crippen LogP contribution in [-0.4, -0.2) is 5.11 Å². The summed E-state index contributed by atoms with van der Waals surface area (Å²) in [4.78, 5) is 0. The van der Waals surface area contributed by atoms with Crippen LogP contribution in [0.5, 0.6) is 11.5 Å². The summed E-state index contributed by atoms with van der Waals surface area (Å²) in [6.45, 7) is 1.23. The molecule has 2 N–H and O–H groups in total. The number of hydrogen-bond donors (Lipinski definition) is 2. The van der Waals surface area contributed by atoms with Crippen LogP contribution >= 0.6 is 0 Å². The van der Waals surface area contributed by atoms with Gasteiger partial charge in [0.05, 0.1) is 0 Å². The molecule has 116 valence electrons. The van der Waals surface area contributed by atoms with Crippen LogP contribution in [0.15, 0.2) is 78.9 Å². The quantitative estimate of drug-likeness (QED) is 0.700. The molecular weight excluding hydrogens is 286 g/mol. The van der Waals surface area contributed by atoms with Gasteiger partial charge in [0.2, 0.25) is 0 Å². The SMILES string of the molecule is Oc1cccc(NCc2cccc(OCc3ccccc3)c2)c1.